The first kappa shape index (κ1) is 23.9. The predicted molar refractivity (Wildman–Crippen MR) is 128 cm³/mol. The number of ether oxygens (including phenoxy) is 1. The molecule has 0 spiro atoms. The Morgan fingerprint density at radius 3 is 2.38 bits per heavy atom. The molecular weight excluding hydrogens is 456 g/mol. The lowest BCUT2D eigenvalue weighted by Gasteiger charge is -2.34. The van der Waals surface area contributed by atoms with E-state index >= 15 is 0 Å². The monoisotopic (exact) mass is 484 g/mol. The topological polar surface area (TPSA) is 125 Å². The van der Waals surface area contributed by atoms with Crippen LogP contribution in [0.4, 0.5) is 5.69 Å². The van der Waals surface area contributed by atoms with Crippen LogP contribution in [0.25, 0.3) is 11.3 Å². The third kappa shape index (κ3) is 4.84. The molecule has 34 heavy (non-hydrogen) atoms. The molecule has 0 radical (unpaired) electrons. The first-order valence-corrected chi connectivity index (χ1v) is 12.4. The summed E-state index contributed by atoms with van der Waals surface area (Å²) >= 11 is 0. The number of H-pyrrole nitrogens is 1. The largest absolute Gasteiger partial charge is 0.507 e. The maximum absolute atomic E-state index is 13.0. The van der Waals surface area contributed by atoms with Crippen molar-refractivity contribution in [3.05, 3.63) is 59.3 Å². The van der Waals surface area contributed by atoms with Gasteiger partial charge in [0.1, 0.15) is 11.4 Å². The highest BCUT2D eigenvalue weighted by Gasteiger charge is 2.32. The molecule has 2 aromatic carbocycles. The molecule has 1 saturated heterocycles. The highest BCUT2D eigenvalue weighted by atomic mass is 32.2. The molecule has 0 saturated carbocycles. The van der Waals surface area contributed by atoms with Gasteiger partial charge >= 0.3 is 0 Å². The highest BCUT2D eigenvalue weighted by Crippen LogP contribution is 2.32. The van der Waals surface area contributed by atoms with E-state index in [0.29, 0.717) is 30.0 Å². The van der Waals surface area contributed by atoms with Gasteiger partial charge in [-0.2, -0.15) is 9.40 Å². The summed E-state index contributed by atoms with van der Waals surface area (Å²) in [5, 5.41) is 19.9. The zero-order valence-electron chi connectivity index (χ0n) is 19.5. The van der Waals surface area contributed by atoms with Gasteiger partial charge in [0.25, 0.3) is 5.91 Å². The first-order valence-electron chi connectivity index (χ1n) is 11.0. The number of amides is 1. The van der Waals surface area contributed by atoms with Crippen LogP contribution in [-0.4, -0.2) is 59.2 Å². The number of aromatic nitrogens is 2. The minimum Gasteiger partial charge on any atom is -0.507 e. The van der Waals surface area contributed by atoms with Gasteiger partial charge in [-0.3, -0.25) is 9.89 Å². The van der Waals surface area contributed by atoms with E-state index in [0.717, 1.165) is 11.1 Å². The molecule has 3 aromatic rings. The van der Waals surface area contributed by atoms with Gasteiger partial charge in [0, 0.05) is 24.3 Å². The molecule has 1 aliphatic rings. The number of carbonyl (C=O) groups excluding carboxylic acids is 1. The number of aryl methyl sites for hydroxylation is 2. The van der Waals surface area contributed by atoms with Crippen molar-refractivity contribution in [2.45, 2.75) is 44.8 Å². The maximum Gasteiger partial charge on any atom is 0.273 e. The number of aromatic hydroxyl groups is 1. The Bertz CT molecular complexity index is 1280. The third-order valence-corrected chi connectivity index (χ3v) is 7.52. The molecular formula is C24H28N4O5S. The number of rotatable bonds is 5. The number of phenolic OH excluding ortho intramolecular Hbond substituents is 1. The molecule has 1 aliphatic heterocycles. The van der Waals surface area contributed by atoms with Crippen LogP contribution in [-0.2, 0) is 14.8 Å². The molecule has 4 rings (SSSR count). The van der Waals surface area contributed by atoms with Crippen molar-refractivity contribution >= 4 is 21.6 Å². The molecule has 180 valence electrons. The molecule has 9 nitrogen and oxygen atoms in total. The SMILES string of the molecule is Cc1cc(C)c(-c2cc(C(=O)Nc3ccc(S(=O)(=O)N4CC(C)OC(C)C4)cc3)[nH]n2)c(O)c1. The standard InChI is InChI=1S/C24H28N4O5S/c1-14-9-15(2)23(22(29)10-14)20-11-21(27-26-20)24(30)25-18-5-7-19(8-6-18)34(31,32)28-12-16(3)33-17(4)13-28/h5-11,16-17,29H,12-13H2,1-4H3,(H,25,30)(H,26,27). The van der Waals surface area contributed by atoms with E-state index in [1.54, 1.807) is 24.3 Å². The van der Waals surface area contributed by atoms with E-state index in [1.165, 1.54) is 16.4 Å². The number of benzene rings is 2. The number of sulfonamides is 1. The van der Waals surface area contributed by atoms with E-state index in [1.807, 2.05) is 33.8 Å². The summed E-state index contributed by atoms with van der Waals surface area (Å²) in [5.74, 6) is -0.341. The van der Waals surface area contributed by atoms with Crippen molar-refractivity contribution in [2.75, 3.05) is 18.4 Å². The number of anilines is 1. The van der Waals surface area contributed by atoms with Gasteiger partial charge in [0.2, 0.25) is 10.0 Å². The van der Waals surface area contributed by atoms with Gasteiger partial charge in [0.05, 0.1) is 22.8 Å². The molecule has 3 N–H and O–H groups in total. The Kier molecular flexibility index (Phi) is 6.48. The number of nitrogens with one attached hydrogen (secondary N) is 2. The van der Waals surface area contributed by atoms with Gasteiger partial charge in [0.15, 0.2) is 0 Å². The number of hydrogen-bond donors (Lipinski definition) is 3. The number of hydrogen-bond acceptors (Lipinski definition) is 6. The second kappa shape index (κ2) is 9.21. The fourth-order valence-electron chi connectivity index (χ4n) is 4.23. The molecule has 1 aromatic heterocycles. The van der Waals surface area contributed by atoms with Crippen LogP contribution in [0.3, 0.4) is 0 Å². The van der Waals surface area contributed by atoms with Crippen molar-refractivity contribution < 1.29 is 23.1 Å². The summed E-state index contributed by atoms with van der Waals surface area (Å²) in [7, 11) is -3.66. The zero-order chi connectivity index (χ0) is 24.6. The first-order chi connectivity index (χ1) is 16.0. The average Bonchev–Trinajstić information content (AvgIpc) is 3.22. The normalized spacial score (nSPS) is 19.2. The number of aromatic amines is 1. The highest BCUT2D eigenvalue weighted by molar-refractivity contribution is 7.89. The van der Waals surface area contributed by atoms with E-state index in [2.05, 4.69) is 15.5 Å². The van der Waals surface area contributed by atoms with Gasteiger partial charge in [-0.1, -0.05) is 6.07 Å². The van der Waals surface area contributed by atoms with E-state index in [9.17, 15) is 18.3 Å². The summed E-state index contributed by atoms with van der Waals surface area (Å²) in [6, 6.07) is 11.2. The number of morpholine rings is 1. The van der Waals surface area contributed by atoms with Crippen LogP contribution in [0.2, 0.25) is 0 Å². The van der Waals surface area contributed by atoms with Crippen LogP contribution in [0.15, 0.2) is 47.4 Å². The van der Waals surface area contributed by atoms with Crippen LogP contribution < -0.4 is 5.32 Å². The lowest BCUT2D eigenvalue weighted by atomic mass is 10.0. The van der Waals surface area contributed by atoms with Crippen LogP contribution in [0.1, 0.15) is 35.5 Å². The van der Waals surface area contributed by atoms with Gasteiger partial charge in [-0.05, 0) is 75.2 Å². The van der Waals surface area contributed by atoms with E-state index in [4.69, 9.17) is 4.74 Å². The summed E-state index contributed by atoms with van der Waals surface area (Å²) in [6.07, 6.45) is -0.357. The molecule has 0 bridgehead atoms. The molecule has 0 aliphatic carbocycles. The lowest BCUT2D eigenvalue weighted by molar-refractivity contribution is -0.0440. The smallest absolute Gasteiger partial charge is 0.273 e. The van der Waals surface area contributed by atoms with Crippen molar-refractivity contribution in [3.63, 3.8) is 0 Å². The van der Waals surface area contributed by atoms with Crippen LogP contribution in [0, 0.1) is 13.8 Å². The maximum atomic E-state index is 13.0. The van der Waals surface area contributed by atoms with Gasteiger partial charge in [-0.25, -0.2) is 8.42 Å². The fourth-order valence-corrected chi connectivity index (χ4v) is 5.82. The Labute approximate surface area is 198 Å². The molecule has 2 heterocycles. The third-order valence-electron chi connectivity index (χ3n) is 5.67. The molecule has 2 unspecified atom stereocenters. The Morgan fingerprint density at radius 1 is 1.12 bits per heavy atom. The summed E-state index contributed by atoms with van der Waals surface area (Å²) in [4.78, 5) is 12.9. The zero-order valence-corrected chi connectivity index (χ0v) is 20.3. The summed E-state index contributed by atoms with van der Waals surface area (Å²) in [6.45, 7) is 8.04. The fraction of sp³-hybridized carbons (Fsp3) is 0.333. The Balaban J connectivity index is 1.48. The van der Waals surface area contributed by atoms with Crippen molar-refractivity contribution in [2.24, 2.45) is 0 Å². The average molecular weight is 485 g/mol. The minimum atomic E-state index is -3.66. The van der Waals surface area contributed by atoms with Gasteiger partial charge < -0.3 is 15.2 Å². The molecule has 1 fully saturated rings. The van der Waals surface area contributed by atoms with E-state index in [-0.39, 0.29) is 28.5 Å². The van der Waals surface area contributed by atoms with Crippen molar-refractivity contribution in [1.29, 1.82) is 0 Å². The number of carbonyl (C=O) groups is 1. The van der Waals surface area contributed by atoms with Crippen LogP contribution in [0.5, 0.6) is 5.75 Å². The van der Waals surface area contributed by atoms with E-state index < -0.39 is 15.9 Å². The Hall–Kier alpha value is -3.21. The Morgan fingerprint density at radius 2 is 1.76 bits per heavy atom. The predicted octanol–water partition coefficient (Wildman–Crippen LogP) is 3.45. The quantitative estimate of drug-likeness (QED) is 0.510. The molecule has 2 atom stereocenters. The second-order valence-electron chi connectivity index (χ2n) is 8.70. The summed E-state index contributed by atoms with van der Waals surface area (Å²) < 4.78 is 33.0. The molecule has 1 amide bonds. The van der Waals surface area contributed by atoms with Crippen molar-refractivity contribution in [3.8, 4) is 17.0 Å². The number of nitrogens with zero attached hydrogens (tertiary/aromatic N) is 2. The summed E-state index contributed by atoms with van der Waals surface area (Å²) in [5.41, 5.74) is 3.44. The second-order valence-corrected chi connectivity index (χ2v) is 10.6. The van der Waals surface area contributed by atoms with Crippen molar-refractivity contribution in [1.82, 2.24) is 14.5 Å². The minimum absolute atomic E-state index is 0.0943. The van der Waals surface area contributed by atoms with Crippen LogP contribution >= 0.6 is 0 Å². The number of phenols is 1. The lowest BCUT2D eigenvalue weighted by Crippen LogP contribution is -2.48. The van der Waals surface area contributed by atoms with Gasteiger partial charge in [-0.15, -0.1) is 0 Å². The molecule has 10 heteroatoms.